The second-order valence-corrected chi connectivity index (χ2v) is 6.48. The van der Waals surface area contributed by atoms with Crippen LogP contribution >= 0.6 is 0 Å². The van der Waals surface area contributed by atoms with Crippen LogP contribution in [0, 0.1) is 6.92 Å². The van der Waals surface area contributed by atoms with Crippen LogP contribution in [-0.4, -0.2) is 39.4 Å². The van der Waals surface area contributed by atoms with E-state index in [0.717, 1.165) is 34.1 Å². The standard InChI is InChI=1S/C23H33N3O3/c1-5-27-13-14-29-22-15-18(3)11-12-20(22)17-26-23(24-4)25-16-19-9-7-8-10-21(19)28-6-2/h7-12,15H,5-6,13-14,16-17H2,1-4H3,(H2,24,25,26). The third-order valence-corrected chi connectivity index (χ3v) is 4.30. The Labute approximate surface area is 174 Å². The molecule has 2 rings (SSSR count). The van der Waals surface area contributed by atoms with E-state index in [1.54, 1.807) is 7.05 Å². The minimum atomic E-state index is 0.533. The highest BCUT2D eigenvalue weighted by atomic mass is 16.5. The molecule has 6 heteroatoms. The van der Waals surface area contributed by atoms with E-state index >= 15 is 0 Å². The Kier molecular flexibility index (Phi) is 9.86. The summed E-state index contributed by atoms with van der Waals surface area (Å²) in [5.74, 6) is 2.48. The minimum Gasteiger partial charge on any atom is -0.494 e. The largest absolute Gasteiger partial charge is 0.494 e. The van der Waals surface area contributed by atoms with E-state index in [4.69, 9.17) is 14.2 Å². The normalized spacial score (nSPS) is 11.2. The monoisotopic (exact) mass is 399 g/mol. The van der Waals surface area contributed by atoms with Crippen molar-refractivity contribution in [3.63, 3.8) is 0 Å². The SMILES string of the molecule is CCOCCOc1cc(C)ccc1CNC(=NC)NCc1ccccc1OCC. The van der Waals surface area contributed by atoms with Gasteiger partial charge in [0.15, 0.2) is 5.96 Å². The average molecular weight is 400 g/mol. The molecule has 0 radical (unpaired) electrons. The smallest absolute Gasteiger partial charge is 0.191 e. The molecule has 0 saturated heterocycles. The highest BCUT2D eigenvalue weighted by Gasteiger charge is 2.07. The van der Waals surface area contributed by atoms with Gasteiger partial charge in [-0.05, 0) is 38.5 Å². The van der Waals surface area contributed by atoms with E-state index < -0.39 is 0 Å². The number of hydrogen-bond acceptors (Lipinski definition) is 4. The lowest BCUT2D eigenvalue weighted by Gasteiger charge is -2.16. The van der Waals surface area contributed by atoms with E-state index in [-0.39, 0.29) is 0 Å². The number of benzene rings is 2. The first-order chi connectivity index (χ1) is 14.2. The molecule has 0 fully saturated rings. The van der Waals surface area contributed by atoms with Crippen LogP contribution in [0.4, 0.5) is 0 Å². The number of rotatable bonds is 11. The number of aryl methyl sites for hydroxylation is 1. The second kappa shape index (κ2) is 12.7. The van der Waals surface area contributed by atoms with Gasteiger partial charge >= 0.3 is 0 Å². The van der Waals surface area contributed by atoms with Crippen LogP contribution < -0.4 is 20.1 Å². The van der Waals surface area contributed by atoms with Crippen molar-refractivity contribution in [1.82, 2.24) is 10.6 Å². The summed E-state index contributed by atoms with van der Waals surface area (Å²) in [5, 5.41) is 6.70. The molecule has 0 bridgehead atoms. The van der Waals surface area contributed by atoms with Gasteiger partial charge in [0.1, 0.15) is 18.1 Å². The Morgan fingerprint density at radius 2 is 1.59 bits per heavy atom. The fourth-order valence-corrected chi connectivity index (χ4v) is 2.82. The number of guanidine groups is 1. The number of ether oxygens (including phenoxy) is 3. The molecule has 2 aromatic rings. The van der Waals surface area contributed by atoms with Gasteiger partial charge in [0, 0.05) is 37.9 Å². The van der Waals surface area contributed by atoms with E-state index in [0.29, 0.717) is 39.5 Å². The molecule has 6 nitrogen and oxygen atoms in total. The zero-order chi connectivity index (χ0) is 20.9. The summed E-state index contributed by atoms with van der Waals surface area (Å²) in [6.45, 7) is 9.71. The molecule has 0 unspecified atom stereocenters. The summed E-state index contributed by atoms with van der Waals surface area (Å²) in [6.07, 6.45) is 0. The van der Waals surface area contributed by atoms with Gasteiger partial charge < -0.3 is 24.8 Å². The molecule has 0 aliphatic rings. The molecule has 0 heterocycles. The highest BCUT2D eigenvalue weighted by Crippen LogP contribution is 2.20. The number of hydrogen-bond donors (Lipinski definition) is 2. The molecule has 0 atom stereocenters. The summed E-state index contributed by atoms with van der Waals surface area (Å²) < 4.78 is 17.0. The Balaban J connectivity index is 1.94. The van der Waals surface area contributed by atoms with Crippen LogP contribution in [0.2, 0.25) is 0 Å². The molecular formula is C23H33N3O3. The van der Waals surface area contributed by atoms with Crippen molar-refractivity contribution in [3.05, 3.63) is 59.2 Å². The van der Waals surface area contributed by atoms with E-state index in [2.05, 4.69) is 46.8 Å². The van der Waals surface area contributed by atoms with Gasteiger partial charge in [-0.2, -0.15) is 0 Å². The molecular weight excluding hydrogens is 366 g/mol. The van der Waals surface area contributed by atoms with Gasteiger partial charge in [-0.25, -0.2) is 0 Å². The first-order valence-electron chi connectivity index (χ1n) is 10.1. The van der Waals surface area contributed by atoms with Crippen molar-refractivity contribution >= 4 is 5.96 Å². The van der Waals surface area contributed by atoms with Crippen LogP contribution in [0.15, 0.2) is 47.5 Å². The fraction of sp³-hybridized carbons (Fsp3) is 0.435. The van der Waals surface area contributed by atoms with Crippen molar-refractivity contribution in [2.75, 3.05) is 33.5 Å². The zero-order valence-electron chi connectivity index (χ0n) is 18.0. The van der Waals surface area contributed by atoms with Crippen LogP contribution in [0.3, 0.4) is 0 Å². The van der Waals surface area contributed by atoms with Gasteiger partial charge in [-0.3, -0.25) is 4.99 Å². The predicted molar refractivity (Wildman–Crippen MR) is 118 cm³/mol. The molecule has 2 N–H and O–H groups in total. The zero-order valence-corrected chi connectivity index (χ0v) is 18.0. The van der Waals surface area contributed by atoms with Gasteiger partial charge in [0.05, 0.1) is 13.2 Å². The Morgan fingerprint density at radius 3 is 2.28 bits per heavy atom. The van der Waals surface area contributed by atoms with Crippen LogP contribution in [0.25, 0.3) is 0 Å². The Bertz CT molecular complexity index is 778. The summed E-state index contributed by atoms with van der Waals surface area (Å²) in [5.41, 5.74) is 3.33. The van der Waals surface area contributed by atoms with Crippen LogP contribution in [0.5, 0.6) is 11.5 Å². The summed E-state index contributed by atoms with van der Waals surface area (Å²) in [6, 6.07) is 14.2. The van der Waals surface area contributed by atoms with E-state index in [1.165, 1.54) is 0 Å². The van der Waals surface area contributed by atoms with E-state index in [9.17, 15) is 0 Å². The molecule has 0 aromatic heterocycles. The number of aliphatic imine (C=N–C) groups is 1. The maximum Gasteiger partial charge on any atom is 0.191 e. The predicted octanol–water partition coefficient (Wildman–Crippen LogP) is 3.67. The summed E-state index contributed by atoms with van der Waals surface area (Å²) >= 11 is 0. The third-order valence-electron chi connectivity index (χ3n) is 4.30. The molecule has 158 valence electrons. The summed E-state index contributed by atoms with van der Waals surface area (Å²) in [4.78, 5) is 4.32. The minimum absolute atomic E-state index is 0.533. The van der Waals surface area contributed by atoms with Gasteiger partial charge in [0.25, 0.3) is 0 Å². The Morgan fingerprint density at radius 1 is 0.862 bits per heavy atom. The molecule has 0 aliphatic carbocycles. The molecule has 0 amide bonds. The average Bonchev–Trinajstić information content (AvgIpc) is 2.73. The van der Waals surface area contributed by atoms with Gasteiger partial charge in [0.2, 0.25) is 0 Å². The van der Waals surface area contributed by atoms with Crippen LogP contribution in [-0.2, 0) is 17.8 Å². The van der Waals surface area contributed by atoms with Crippen molar-refractivity contribution in [2.45, 2.75) is 33.9 Å². The topological polar surface area (TPSA) is 64.1 Å². The molecule has 0 saturated carbocycles. The van der Waals surface area contributed by atoms with Crippen molar-refractivity contribution < 1.29 is 14.2 Å². The molecule has 2 aromatic carbocycles. The first-order valence-corrected chi connectivity index (χ1v) is 10.1. The first kappa shape index (κ1) is 22.6. The molecule has 29 heavy (non-hydrogen) atoms. The molecule has 0 spiro atoms. The Hall–Kier alpha value is -2.73. The second-order valence-electron chi connectivity index (χ2n) is 6.48. The quantitative estimate of drug-likeness (QED) is 0.343. The highest BCUT2D eigenvalue weighted by molar-refractivity contribution is 5.79. The lowest BCUT2D eigenvalue weighted by Crippen LogP contribution is -2.36. The van der Waals surface area contributed by atoms with Crippen molar-refractivity contribution in [2.24, 2.45) is 4.99 Å². The van der Waals surface area contributed by atoms with E-state index in [1.807, 2.05) is 32.0 Å². The third kappa shape index (κ3) is 7.66. The van der Waals surface area contributed by atoms with Crippen molar-refractivity contribution in [3.8, 4) is 11.5 Å². The molecule has 0 aliphatic heterocycles. The maximum absolute atomic E-state index is 5.92. The maximum atomic E-state index is 5.92. The lowest BCUT2D eigenvalue weighted by molar-refractivity contribution is 0.110. The van der Waals surface area contributed by atoms with Crippen molar-refractivity contribution in [1.29, 1.82) is 0 Å². The number of para-hydroxylation sites is 1. The fourth-order valence-electron chi connectivity index (χ4n) is 2.82. The van der Waals surface area contributed by atoms with Gasteiger partial charge in [-0.15, -0.1) is 0 Å². The van der Waals surface area contributed by atoms with Crippen LogP contribution in [0.1, 0.15) is 30.5 Å². The number of nitrogens with one attached hydrogen (secondary N) is 2. The number of nitrogens with zero attached hydrogens (tertiary/aromatic N) is 1. The lowest BCUT2D eigenvalue weighted by atomic mass is 10.1. The summed E-state index contributed by atoms with van der Waals surface area (Å²) in [7, 11) is 1.76. The van der Waals surface area contributed by atoms with Gasteiger partial charge in [-0.1, -0.05) is 30.3 Å².